The highest BCUT2D eigenvalue weighted by Gasteiger charge is 2.04. The molecule has 1 N–H and O–H groups in total. The molecule has 3 heteroatoms. The second-order valence-corrected chi connectivity index (χ2v) is 3.69. The minimum Gasteiger partial charge on any atom is -0.481 e. The van der Waals surface area contributed by atoms with Crippen LogP contribution in [0, 0.1) is 6.92 Å². The minimum absolute atomic E-state index is 0.199. The summed E-state index contributed by atoms with van der Waals surface area (Å²) in [7, 11) is 0. The number of aryl methyl sites for hydroxylation is 1. The van der Waals surface area contributed by atoms with E-state index in [1.807, 2.05) is 25.1 Å². The van der Waals surface area contributed by atoms with Gasteiger partial charge >= 0.3 is 5.97 Å². The molecule has 0 aliphatic heterocycles. The molecule has 0 amide bonds. The lowest BCUT2D eigenvalue weighted by atomic mass is 10.0. The van der Waals surface area contributed by atoms with Crippen molar-refractivity contribution in [3.63, 3.8) is 0 Å². The zero-order chi connectivity index (χ0) is 10.6. The summed E-state index contributed by atoms with van der Waals surface area (Å²) >= 11 is 6.00. The first-order chi connectivity index (χ1) is 6.61. The SMILES string of the molecule is Cc1cccc(Cl)c1CCCC(=O)O. The molecule has 1 aromatic rings. The average molecular weight is 213 g/mol. The summed E-state index contributed by atoms with van der Waals surface area (Å²) in [5.74, 6) is -0.755. The van der Waals surface area contributed by atoms with E-state index in [2.05, 4.69) is 0 Å². The third-order valence-corrected chi connectivity index (χ3v) is 2.52. The molecule has 1 rings (SSSR count). The molecule has 0 saturated carbocycles. The van der Waals surface area contributed by atoms with Crippen molar-refractivity contribution in [2.75, 3.05) is 0 Å². The smallest absolute Gasteiger partial charge is 0.303 e. The first-order valence-electron chi connectivity index (χ1n) is 4.57. The molecule has 1 aromatic carbocycles. The van der Waals surface area contributed by atoms with Crippen molar-refractivity contribution in [2.45, 2.75) is 26.2 Å². The van der Waals surface area contributed by atoms with Crippen LogP contribution in [-0.4, -0.2) is 11.1 Å². The number of aliphatic carboxylic acids is 1. The minimum atomic E-state index is -0.755. The molecule has 0 radical (unpaired) electrons. The molecule has 0 atom stereocenters. The van der Waals surface area contributed by atoms with Crippen molar-refractivity contribution in [2.24, 2.45) is 0 Å². The summed E-state index contributed by atoms with van der Waals surface area (Å²) in [6, 6.07) is 5.73. The van der Waals surface area contributed by atoms with Crippen molar-refractivity contribution < 1.29 is 9.90 Å². The van der Waals surface area contributed by atoms with E-state index in [1.54, 1.807) is 0 Å². The Morgan fingerprint density at radius 1 is 1.50 bits per heavy atom. The van der Waals surface area contributed by atoms with E-state index < -0.39 is 5.97 Å². The molecule has 76 valence electrons. The van der Waals surface area contributed by atoms with Gasteiger partial charge in [0.05, 0.1) is 0 Å². The monoisotopic (exact) mass is 212 g/mol. The molecule has 14 heavy (non-hydrogen) atoms. The van der Waals surface area contributed by atoms with Gasteiger partial charge in [0.25, 0.3) is 0 Å². The van der Waals surface area contributed by atoms with Crippen LogP contribution in [0.3, 0.4) is 0 Å². The van der Waals surface area contributed by atoms with Crippen LogP contribution in [0.15, 0.2) is 18.2 Å². The maximum Gasteiger partial charge on any atom is 0.303 e. The molecule has 0 aliphatic rings. The van der Waals surface area contributed by atoms with Crippen molar-refractivity contribution >= 4 is 17.6 Å². The number of benzene rings is 1. The highest BCUT2D eigenvalue weighted by atomic mass is 35.5. The number of carbonyl (C=O) groups is 1. The Balaban J connectivity index is 2.62. The van der Waals surface area contributed by atoms with Crippen LogP contribution in [-0.2, 0) is 11.2 Å². The third kappa shape index (κ3) is 3.04. The first-order valence-corrected chi connectivity index (χ1v) is 4.95. The van der Waals surface area contributed by atoms with Crippen LogP contribution in [0.2, 0.25) is 5.02 Å². The summed E-state index contributed by atoms with van der Waals surface area (Å²) in [5.41, 5.74) is 2.19. The molecular formula is C11H13ClO2. The van der Waals surface area contributed by atoms with E-state index in [9.17, 15) is 4.79 Å². The van der Waals surface area contributed by atoms with Gasteiger partial charge in [0.1, 0.15) is 0 Å². The van der Waals surface area contributed by atoms with Gasteiger partial charge in [-0.3, -0.25) is 4.79 Å². The number of carboxylic acid groups (broad SMARTS) is 1. The second-order valence-electron chi connectivity index (χ2n) is 3.28. The Morgan fingerprint density at radius 2 is 2.21 bits per heavy atom. The van der Waals surface area contributed by atoms with Gasteiger partial charge in [0, 0.05) is 11.4 Å². The van der Waals surface area contributed by atoms with Crippen LogP contribution in [0.4, 0.5) is 0 Å². The van der Waals surface area contributed by atoms with E-state index in [-0.39, 0.29) is 6.42 Å². The average Bonchev–Trinajstić information content (AvgIpc) is 2.09. The van der Waals surface area contributed by atoms with E-state index >= 15 is 0 Å². The third-order valence-electron chi connectivity index (χ3n) is 2.17. The van der Waals surface area contributed by atoms with Gasteiger partial charge in [-0.2, -0.15) is 0 Å². The van der Waals surface area contributed by atoms with Gasteiger partial charge in [-0.25, -0.2) is 0 Å². The summed E-state index contributed by atoms with van der Waals surface area (Å²) in [6.45, 7) is 1.99. The zero-order valence-corrected chi connectivity index (χ0v) is 8.84. The lowest BCUT2D eigenvalue weighted by molar-refractivity contribution is -0.137. The topological polar surface area (TPSA) is 37.3 Å². The number of rotatable bonds is 4. The number of hydrogen-bond donors (Lipinski definition) is 1. The van der Waals surface area contributed by atoms with E-state index in [1.165, 1.54) is 0 Å². The highest BCUT2D eigenvalue weighted by Crippen LogP contribution is 2.21. The second kappa shape index (κ2) is 5.01. The fourth-order valence-electron chi connectivity index (χ4n) is 1.40. The Hall–Kier alpha value is -1.02. The van der Waals surface area contributed by atoms with Gasteiger partial charge in [0.2, 0.25) is 0 Å². The Kier molecular flexibility index (Phi) is 3.96. The molecule has 0 unspecified atom stereocenters. The first kappa shape index (κ1) is 11.1. The van der Waals surface area contributed by atoms with Gasteiger partial charge in [0.15, 0.2) is 0 Å². The predicted molar refractivity (Wildman–Crippen MR) is 56.8 cm³/mol. The number of carboxylic acids is 1. The van der Waals surface area contributed by atoms with E-state index in [0.717, 1.165) is 22.6 Å². The van der Waals surface area contributed by atoms with Gasteiger partial charge in [-0.05, 0) is 37.0 Å². The zero-order valence-electron chi connectivity index (χ0n) is 8.09. The van der Waals surface area contributed by atoms with E-state index in [0.29, 0.717) is 6.42 Å². The predicted octanol–water partition coefficient (Wildman–Crippen LogP) is 3.06. The van der Waals surface area contributed by atoms with Crippen molar-refractivity contribution in [1.82, 2.24) is 0 Å². The Morgan fingerprint density at radius 3 is 2.79 bits per heavy atom. The summed E-state index contributed by atoms with van der Waals surface area (Å²) < 4.78 is 0. The molecule has 0 heterocycles. The highest BCUT2D eigenvalue weighted by molar-refractivity contribution is 6.31. The standard InChI is InChI=1S/C11H13ClO2/c1-8-4-2-6-10(12)9(8)5-3-7-11(13)14/h2,4,6H,3,5,7H2,1H3,(H,13,14). The quantitative estimate of drug-likeness (QED) is 0.833. The van der Waals surface area contributed by atoms with Crippen LogP contribution < -0.4 is 0 Å². The van der Waals surface area contributed by atoms with Crippen LogP contribution in [0.1, 0.15) is 24.0 Å². The van der Waals surface area contributed by atoms with Crippen molar-refractivity contribution in [3.05, 3.63) is 34.3 Å². The van der Waals surface area contributed by atoms with Gasteiger partial charge in [-0.1, -0.05) is 23.7 Å². The van der Waals surface area contributed by atoms with Gasteiger partial charge in [-0.15, -0.1) is 0 Å². The lowest BCUT2D eigenvalue weighted by Crippen LogP contribution is -1.97. The largest absolute Gasteiger partial charge is 0.481 e. The number of halogens is 1. The molecule has 0 spiro atoms. The molecule has 2 nitrogen and oxygen atoms in total. The van der Waals surface area contributed by atoms with Crippen LogP contribution in [0.5, 0.6) is 0 Å². The van der Waals surface area contributed by atoms with Crippen LogP contribution >= 0.6 is 11.6 Å². The molecule has 0 aromatic heterocycles. The fourth-order valence-corrected chi connectivity index (χ4v) is 1.72. The Labute approximate surface area is 88.5 Å². The Bertz CT molecular complexity index is 314. The maximum absolute atomic E-state index is 10.3. The molecule has 0 saturated heterocycles. The summed E-state index contributed by atoms with van der Waals surface area (Å²) in [4.78, 5) is 10.3. The van der Waals surface area contributed by atoms with Crippen molar-refractivity contribution in [1.29, 1.82) is 0 Å². The number of hydrogen-bond acceptors (Lipinski definition) is 1. The molecular weight excluding hydrogens is 200 g/mol. The van der Waals surface area contributed by atoms with Crippen LogP contribution in [0.25, 0.3) is 0 Å². The lowest BCUT2D eigenvalue weighted by Gasteiger charge is -2.06. The molecule has 0 fully saturated rings. The molecule has 0 aliphatic carbocycles. The van der Waals surface area contributed by atoms with Gasteiger partial charge < -0.3 is 5.11 Å². The van der Waals surface area contributed by atoms with E-state index in [4.69, 9.17) is 16.7 Å². The molecule has 0 bridgehead atoms. The van der Waals surface area contributed by atoms with Crippen molar-refractivity contribution in [3.8, 4) is 0 Å². The maximum atomic E-state index is 10.3. The normalized spacial score (nSPS) is 10.1. The fraction of sp³-hybridized carbons (Fsp3) is 0.364. The summed E-state index contributed by atoms with van der Waals surface area (Å²) in [5, 5.41) is 9.23. The summed E-state index contributed by atoms with van der Waals surface area (Å²) in [6.07, 6.45) is 1.57.